The predicted molar refractivity (Wildman–Crippen MR) is 50.7 cm³/mol. The van der Waals surface area contributed by atoms with Gasteiger partial charge in [0, 0.05) is 12.2 Å². The van der Waals surface area contributed by atoms with Gasteiger partial charge in [0.05, 0.1) is 0 Å². The fraction of sp³-hybridized carbons (Fsp3) is 0. The standard InChI is InChI=1S/C4H6N2O3.2K.H2O8S2/c5-6-3(7)1-2-4(8)9;;;1-9(2,3)7-8-10(4,5)6/h1-2H,5H2,(H,6,7)(H,8,9);;;(H,1,2,3)(H,4,5,6)/q;2*+1;/p-2/b2-1-;;;. The minimum absolute atomic E-state index is 0. The van der Waals surface area contributed by atoms with Crippen molar-refractivity contribution in [3.63, 3.8) is 0 Å². The van der Waals surface area contributed by atoms with Crippen molar-refractivity contribution in [3.05, 3.63) is 12.2 Å². The van der Waals surface area contributed by atoms with E-state index in [2.05, 4.69) is 14.5 Å². The molecule has 0 atom stereocenters. The summed E-state index contributed by atoms with van der Waals surface area (Å²) in [7, 11) is -10.6. The van der Waals surface area contributed by atoms with Crippen LogP contribution in [0.4, 0.5) is 0 Å². The molecule has 112 valence electrons. The van der Waals surface area contributed by atoms with E-state index in [1.54, 1.807) is 5.43 Å². The summed E-state index contributed by atoms with van der Waals surface area (Å²) in [4.78, 5) is 19.8. The second-order valence-corrected chi connectivity index (χ2v) is 4.04. The summed E-state index contributed by atoms with van der Waals surface area (Å²) in [6.07, 6.45) is 1.52. The molecule has 0 aromatic carbocycles. The molecule has 1 amide bonds. The molecule has 0 aliphatic heterocycles. The van der Waals surface area contributed by atoms with E-state index in [0.717, 1.165) is 6.08 Å². The molecular weight excluding hydrogens is 394 g/mol. The number of carboxylic acids is 1. The van der Waals surface area contributed by atoms with Gasteiger partial charge in [0.2, 0.25) is 20.8 Å². The van der Waals surface area contributed by atoms with Gasteiger partial charge in [0.15, 0.2) is 0 Å². The van der Waals surface area contributed by atoms with E-state index < -0.39 is 32.7 Å². The minimum Gasteiger partial charge on any atom is -0.724 e. The topological polar surface area (TPSA) is 225 Å². The molecule has 0 aromatic heterocycles. The van der Waals surface area contributed by atoms with Gasteiger partial charge in [-0.2, -0.15) is 0 Å². The van der Waals surface area contributed by atoms with E-state index in [9.17, 15) is 35.5 Å². The van der Waals surface area contributed by atoms with Gasteiger partial charge in [-0.25, -0.2) is 27.5 Å². The Balaban J connectivity index is -0.000000126. The van der Waals surface area contributed by atoms with Gasteiger partial charge in [-0.3, -0.25) is 10.2 Å². The van der Waals surface area contributed by atoms with E-state index in [0.29, 0.717) is 6.08 Å². The van der Waals surface area contributed by atoms with Gasteiger partial charge in [-0.05, 0) is 0 Å². The third-order valence-electron chi connectivity index (χ3n) is 0.714. The van der Waals surface area contributed by atoms with Crippen LogP contribution < -0.4 is 114 Å². The van der Waals surface area contributed by atoms with Crippen LogP contribution in [-0.4, -0.2) is 42.9 Å². The summed E-state index contributed by atoms with van der Waals surface area (Å²) in [5, 5.41) is 7.95. The summed E-state index contributed by atoms with van der Waals surface area (Å²) in [6, 6.07) is 0. The first-order valence-electron chi connectivity index (χ1n) is 3.58. The quantitative estimate of drug-likeness (QED) is 0.0571. The Morgan fingerprint density at radius 2 is 1.33 bits per heavy atom. The Kier molecular flexibility index (Phi) is 22.1. The molecule has 0 saturated heterocycles. The van der Waals surface area contributed by atoms with Crippen molar-refractivity contribution >= 4 is 32.7 Å². The summed E-state index contributed by atoms with van der Waals surface area (Å²) < 4.78 is 61.5. The van der Waals surface area contributed by atoms with Gasteiger partial charge in [0.1, 0.15) is 0 Å². The molecule has 0 spiro atoms. The number of amides is 1. The number of hydrazine groups is 1. The first-order chi connectivity index (χ1) is 8.37. The van der Waals surface area contributed by atoms with Gasteiger partial charge < -0.3 is 14.2 Å². The summed E-state index contributed by atoms with van der Waals surface area (Å²) >= 11 is 0. The molecular formula is C4H6K2N2O11S2. The first kappa shape index (κ1) is 30.5. The van der Waals surface area contributed by atoms with Crippen LogP contribution >= 0.6 is 0 Å². The van der Waals surface area contributed by atoms with Crippen LogP contribution in [0.2, 0.25) is 0 Å². The average Bonchev–Trinajstić information content (AvgIpc) is 2.22. The van der Waals surface area contributed by atoms with E-state index in [1.807, 2.05) is 0 Å². The van der Waals surface area contributed by atoms with Crippen LogP contribution in [0.25, 0.3) is 0 Å². The van der Waals surface area contributed by atoms with Gasteiger partial charge in [0.25, 0.3) is 5.91 Å². The molecule has 0 fully saturated rings. The number of nitrogens with two attached hydrogens (primary N) is 1. The van der Waals surface area contributed by atoms with Crippen LogP contribution in [0.5, 0.6) is 0 Å². The van der Waals surface area contributed by atoms with Crippen LogP contribution in [0.3, 0.4) is 0 Å². The van der Waals surface area contributed by atoms with Crippen molar-refractivity contribution < 1.29 is 152 Å². The number of carbonyl (C=O) groups excluding carboxylic acids is 1. The number of aliphatic carboxylic acids is 1. The van der Waals surface area contributed by atoms with Gasteiger partial charge >= 0.3 is 109 Å². The molecule has 0 aliphatic rings. The van der Waals surface area contributed by atoms with Crippen LogP contribution in [0.15, 0.2) is 12.2 Å². The third-order valence-corrected chi connectivity index (χ3v) is 1.27. The molecule has 4 N–H and O–H groups in total. The van der Waals surface area contributed by atoms with Crippen molar-refractivity contribution in [1.82, 2.24) is 5.43 Å². The van der Waals surface area contributed by atoms with Crippen LogP contribution in [0.1, 0.15) is 0 Å². The largest absolute Gasteiger partial charge is 1.00 e. The fourth-order valence-electron chi connectivity index (χ4n) is 0.263. The Morgan fingerprint density at radius 3 is 1.52 bits per heavy atom. The van der Waals surface area contributed by atoms with Gasteiger partial charge in [-0.15, -0.1) is 8.67 Å². The van der Waals surface area contributed by atoms with E-state index in [4.69, 9.17) is 5.11 Å². The van der Waals surface area contributed by atoms with Crippen molar-refractivity contribution in [2.75, 3.05) is 0 Å². The summed E-state index contributed by atoms with van der Waals surface area (Å²) in [5.74, 6) is 2.79. The zero-order chi connectivity index (χ0) is 15.7. The zero-order valence-electron chi connectivity index (χ0n) is 10.6. The molecule has 0 saturated carbocycles. The molecule has 0 aliphatic carbocycles. The molecule has 13 nitrogen and oxygen atoms in total. The van der Waals surface area contributed by atoms with Crippen molar-refractivity contribution in [2.24, 2.45) is 5.84 Å². The number of nitrogens with one attached hydrogen (secondary N) is 1. The number of carbonyl (C=O) groups is 2. The number of hydrogen-bond acceptors (Lipinski definition) is 11. The number of hydrogen-bond donors (Lipinski definition) is 3. The number of carboxylic acid groups (broad SMARTS) is 1. The molecule has 21 heavy (non-hydrogen) atoms. The van der Waals surface area contributed by atoms with E-state index in [-0.39, 0.29) is 103 Å². The fourth-order valence-corrected chi connectivity index (χ4v) is 0.807. The molecule has 0 aromatic rings. The summed E-state index contributed by atoms with van der Waals surface area (Å²) in [5.41, 5.74) is 1.73. The first-order valence-corrected chi connectivity index (χ1v) is 6.25. The Morgan fingerprint density at radius 1 is 1.00 bits per heavy atom. The molecule has 0 rings (SSSR count). The zero-order valence-corrected chi connectivity index (χ0v) is 18.5. The number of rotatable bonds is 5. The maximum Gasteiger partial charge on any atom is 1.00 e. The average molecular weight is 400 g/mol. The monoisotopic (exact) mass is 400 g/mol. The Hall–Kier alpha value is 1.65. The summed E-state index contributed by atoms with van der Waals surface area (Å²) in [6.45, 7) is 0. The van der Waals surface area contributed by atoms with E-state index >= 15 is 0 Å². The molecule has 0 unspecified atom stereocenters. The SMILES string of the molecule is NNC(=O)/C=C\C(=O)O.O=S(=O)([O-])OOS(=O)(=O)[O-].[K+].[K+]. The smallest absolute Gasteiger partial charge is 0.724 e. The molecule has 0 radical (unpaired) electrons. The van der Waals surface area contributed by atoms with Crippen LogP contribution in [0, 0.1) is 0 Å². The van der Waals surface area contributed by atoms with Crippen molar-refractivity contribution in [3.8, 4) is 0 Å². The second-order valence-electron chi connectivity index (χ2n) is 2.13. The maximum absolute atomic E-state index is 10.1. The maximum atomic E-state index is 10.1. The Bertz CT molecular complexity index is 509. The van der Waals surface area contributed by atoms with E-state index in [1.165, 1.54) is 0 Å². The van der Waals surface area contributed by atoms with Crippen LogP contribution in [-0.2, 0) is 39.1 Å². The molecule has 17 heteroatoms. The van der Waals surface area contributed by atoms with Crippen molar-refractivity contribution in [2.45, 2.75) is 0 Å². The Labute approximate surface area is 204 Å². The molecule has 0 heterocycles. The predicted octanol–water partition coefficient (Wildman–Crippen LogP) is -9.52. The minimum atomic E-state index is -5.31. The second kappa shape index (κ2) is 15.2. The van der Waals surface area contributed by atoms with Gasteiger partial charge in [-0.1, -0.05) is 0 Å². The normalized spacial score (nSPS) is 10.4. The van der Waals surface area contributed by atoms with Crippen molar-refractivity contribution in [1.29, 1.82) is 0 Å². The third kappa shape index (κ3) is 34.1. The molecule has 0 bridgehead atoms.